The second-order valence-corrected chi connectivity index (χ2v) is 8.31. The van der Waals surface area contributed by atoms with Gasteiger partial charge in [-0.25, -0.2) is 4.79 Å². The van der Waals surface area contributed by atoms with Crippen LogP contribution in [0.4, 0.5) is 22.7 Å². The topological polar surface area (TPSA) is 179 Å². The molecule has 0 fully saturated rings. The minimum atomic E-state index is -0.735. The Morgan fingerprint density at radius 1 is 1.08 bits per heavy atom. The number of nitrogens with zero attached hydrogens (tertiary/aromatic N) is 3. The Hall–Kier alpha value is -5.07. The maximum absolute atomic E-state index is 13.1. The third kappa shape index (κ3) is 5.21. The number of ether oxygens (including phenoxy) is 1. The van der Waals surface area contributed by atoms with Crippen LogP contribution in [0.3, 0.4) is 0 Å². The number of anilines is 2. The van der Waals surface area contributed by atoms with Gasteiger partial charge in [0.2, 0.25) is 0 Å². The minimum absolute atomic E-state index is 0.0186. The zero-order chi connectivity index (χ0) is 27.4. The summed E-state index contributed by atoms with van der Waals surface area (Å²) in [7, 11) is 0. The molecule has 1 amide bonds. The van der Waals surface area contributed by atoms with Crippen LogP contribution in [0.5, 0.6) is 0 Å². The summed E-state index contributed by atoms with van der Waals surface area (Å²) in [6.45, 7) is 3.57. The van der Waals surface area contributed by atoms with Gasteiger partial charge in [-0.2, -0.15) is 5.10 Å². The third-order valence-electron chi connectivity index (χ3n) is 5.90. The van der Waals surface area contributed by atoms with Crippen molar-refractivity contribution < 1.29 is 28.6 Å². The van der Waals surface area contributed by atoms with E-state index in [1.165, 1.54) is 6.07 Å². The SMILES string of the molecule is CCOC(=O)c1ccccc1NC(=O)c1oc2c(c1C)/C(=N/Nc1ccc([N+](=O)[O-])cc1[N+](=O)[O-])CCC2. The number of carbonyl (C=O) groups is 2. The van der Waals surface area contributed by atoms with Gasteiger partial charge < -0.3 is 14.5 Å². The molecule has 0 radical (unpaired) electrons. The van der Waals surface area contributed by atoms with E-state index in [9.17, 15) is 29.8 Å². The number of para-hydroxylation sites is 1. The predicted octanol–water partition coefficient (Wildman–Crippen LogP) is 4.99. The fourth-order valence-electron chi connectivity index (χ4n) is 4.16. The number of hydrogen-bond donors (Lipinski definition) is 2. The van der Waals surface area contributed by atoms with E-state index < -0.39 is 33.1 Å². The summed E-state index contributed by atoms with van der Waals surface area (Å²) in [6.07, 6.45) is 1.73. The highest BCUT2D eigenvalue weighted by Gasteiger charge is 2.29. The number of non-ortho nitro benzene ring substituents is 1. The summed E-state index contributed by atoms with van der Waals surface area (Å²) in [6, 6.07) is 9.66. The van der Waals surface area contributed by atoms with E-state index >= 15 is 0 Å². The smallest absolute Gasteiger partial charge is 0.340 e. The Morgan fingerprint density at radius 2 is 1.84 bits per heavy atom. The fraction of sp³-hybridized carbons (Fsp3) is 0.240. The van der Waals surface area contributed by atoms with Crippen molar-refractivity contribution in [2.24, 2.45) is 5.10 Å². The first kappa shape index (κ1) is 26.0. The van der Waals surface area contributed by atoms with Gasteiger partial charge in [0.05, 0.1) is 39.5 Å². The van der Waals surface area contributed by atoms with E-state index in [-0.39, 0.29) is 29.3 Å². The van der Waals surface area contributed by atoms with E-state index in [2.05, 4.69) is 15.8 Å². The lowest BCUT2D eigenvalue weighted by Crippen LogP contribution is -2.16. The normalized spacial score (nSPS) is 13.5. The van der Waals surface area contributed by atoms with Gasteiger partial charge in [-0.3, -0.25) is 30.4 Å². The maximum Gasteiger partial charge on any atom is 0.340 e. The van der Waals surface area contributed by atoms with E-state index in [1.807, 2.05) is 0 Å². The molecule has 1 aliphatic carbocycles. The van der Waals surface area contributed by atoms with Crippen LogP contribution in [-0.4, -0.2) is 34.0 Å². The first-order valence-electron chi connectivity index (χ1n) is 11.7. The Kier molecular flexibility index (Phi) is 7.46. The number of hydrogen-bond acceptors (Lipinski definition) is 10. The molecule has 2 aromatic carbocycles. The molecule has 0 aliphatic heterocycles. The zero-order valence-electron chi connectivity index (χ0n) is 20.5. The summed E-state index contributed by atoms with van der Waals surface area (Å²) in [5, 5.41) is 29.5. The van der Waals surface area contributed by atoms with Crippen LogP contribution in [-0.2, 0) is 11.2 Å². The van der Waals surface area contributed by atoms with Crippen LogP contribution in [0.1, 0.15) is 57.6 Å². The summed E-state index contributed by atoms with van der Waals surface area (Å²) >= 11 is 0. The van der Waals surface area contributed by atoms with Crippen LogP contribution in [0, 0.1) is 27.2 Å². The van der Waals surface area contributed by atoms with Gasteiger partial charge in [0, 0.05) is 23.6 Å². The number of nitro groups is 2. The first-order valence-corrected chi connectivity index (χ1v) is 11.7. The molecule has 13 nitrogen and oxygen atoms in total. The number of rotatable bonds is 8. The molecule has 0 unspecified atom stereocenters. The van der Waals surface area contributed by atoms with E-state index in [0.717, 1.165) is 12.1 Å². The molecule has 1 aliphatic rings. The van der Waals surface area contributed by atoms with Gasteiger partial charge in [-0.15, -0.1) is 0 Å². The molecule has 2 N–H and O–H groups in total. The van der Waals surface area contributed by atoms with Gasteiger partial charge in [0.25, 0.3) is 11.6 Å². The highest BCUT2D eigenvalue weighted by atomic mass is 16.6. The quantitative estimate of drug-likeness (QED) is 0.235. The number of hydrazone groups is 1. The molecule has 0 bridgehead atoms. The molecule has 0 atom stereocenters. The molecular formula is C25H23N5O8. The number of nitrogens with one attached hydrogen (secondary N) is 2. The molecule has 196 valence electrons. The van der Waals surface area contributed by atoms with E-state index in [1.54, 1.807) is 38.1 Å². The highest BCUT2D eigenvalue weighted by Crippen LogP contribution is 2.32. The third-order valence-corrected chi connectivity index (χ3v) is 5.90. The number of fused-ring (bicyclic) bond motifs is 1. The molecule has 13 heteroatoms. The molecule has 1 aromatic heterocycles. The standard InChI is InChI=1S/C25H23N5O8/c1-3-37-25(32)16-7-4-5-8-17(16)26-24(31)23-14(2)22-19(9-6-10-21(22)38-23)28-27-18-12-11-15(29(33)34)13-20(18)30(35)36/h4-5,7-8,11-13,27H,3,6,9-10H2,1-2H3,(H,26,31)/b28-19+. The van der Waals surface area contributed by atoms with Gasteiger partial charge >= 0.3 is 11.7 Å². The molecule has 3 aromatic rings. The van der Waals surface area contributed by atoms with Crippen molar-refractivity contribution in [1.29, 1.82) is 0 Å². The van der Waals surface area contributed by atoms with Crippen molar-refractivity contribution in [3.05, 3.63) is 90.9 Å². The molecule has 38 heavy (non-hydrogen) atoms. The van der Waals surface area contributed by atoms with Crippen LogP contribution in [0.25, 0.3) is 0 Å². The Morgan fingerprint density at radius 3 is 2.55 bits per heavy atom. The van der Waals surface area contributed by atoms with Gasteiger partial charge in [0.15, 0.2) is 5.76 Å². The van der Waals surface area contributed by atoms with E-state index in [0.29, 0.717) is 41.9 Å². The minimum Gasteiger partial charge on any atom is -0.462 e. The van der Waals surface area contributed by atoms with Crippen molar-refractivity contribution >= 4 is 40.3 Å². The molecule has 0 saturated carbocycles. The number of furan rings is 1. The lowest BCUT2D eigenvalue weighted by Gasteiger charge is -2.14. The summed E-state index contributed by atoms with van der Waals surface area (Å²) in [4.78, 5) is 46.4. The number of carbonyl (C=O) groups excluding carboxylic acids is 2. The fourth-order valence-corrected chi connectivity index (χ4v) is 4.16. The maximum atomic E-state index is 13.1. The number of benzene rings is 2. The van der Waals surface area contributed by atoms with Crippen LogP contribution in [0.2, 0.25) is 0 Å². The Balaban J connectivity index is 1.62. The number of esters is 1. The summed E-state index contributed by atoms with van der Waals surface area (Å²) in [5.41, 5.74) is 3.82. The number of nitro benzene ring substituents is 2. The second-order valence-electron chi connectivity index (χ2n) is 8.31. The van der Waals surface area contributed by atoms with Gasteiger partial charge in [0.1, 0.15) is 11.4 Å². The van der Waals surface area contributed by atoms with Crippen LogP contribution < -0.4 is 10.7 Å². The number of amides is 1. The molecule has 4 rings (SSSR count). The van der Waals surface area contributed by atoms with Gasteiger partial charge in [-0.05, 0) is 44.9 Å². The van der Waals surface area contributed by atoms with Crippen molar-refractivity contribution in [2.45, 2.75) is 33.1 Å². The van der Waals surface area contributed by atoms with Crippen molar-refractivity contribution in [2.75, 3.05) is 17.3 Å². The molecular weight excluding hydrogens is 498 g/mol. The van der Waals surface area contributed by atoms with E-state index in [4.69, 9.17) is 9.15 Å². The largest absolute Gasteiger partial charge is 0.462 e. The highest BCUT2D eigenvalue weighted by molar-refractivity contribution is 6.11. The Bertz CT molecular complexity index is 1480. The predicted molar refractivity (Wildman–Crippen MR) is 137 cm³/mol. The first-order chi connectivity index (χ1) is 18.2. The zero-order valence-corrected chi connectivity index (χ0v) is 20.5. The lowest BCUT2D eigenvalue weighted by atomic mass is 9.93. The summed E-state index contributed by atoms with van der Waals surface area (Å²) < 4.78 is 10.9. The summed E-state index contributed by atoms with van der Waals surface area (Å²) in [5.74, 6) is -0.549. The Labute approximate surface area is 215 Å². The van der Waals surface area contributed by atoms with Crippen molar-refractivity contribution in [3.63, 3.8) is 0 Å². The average Bonchev–Trinajstić information content (AvgIpc) is 3.24. The molecule has 0 spiro atoms. The second kappa shape index (κ2) is 10.9. The van der Waals surface area contributed by atoms with Crippen LogP contribution >= 0.6 is 0 Å². The average molecular weight is 521 g/mol. The lowest BCUT2D eigenvalue weighted by molar-refractivity contribution is -0.393. The molecule has 0 saturated heterocycles. The van der Waals surface area contributed by atoms with Crippen molar-refractivity contribution in [3.8, 4) is 0 Å². The van der Waals surface area contributed by atoms with Crippen molar-refractivity contribution in [1.82, 2.24) is 0 Å². The number of aryl methyl sites for hydroxylation is 1. The monoisotopic (exact) mass is 521 g/mol. The van der Waals surface area contributed by atoms with Gasteiger partial charge in [-0.1, -0.05) is 12.1 Å². The van der Waals surface area contributed by atoms with Crippen LogP contribution in [0.15, 0.2) is 52.0 Å². The molecule has 1 heterocycles.